The van der Waals surface area contributed by atoms with Gasteiger partial charge in [0.25, 0.3) is 18.2 Å². The quantitative estimate of drug-likeness (QED) is 0.292. The van der Waals surface area contributed by atoms with E-state index in [0.29, 0.717) is 55.2 Å². The number of carboxylic acid groups (broad SMARTS) is 1. The normalized spacial score (nSPS) is 18.2. The summed E-state index contributed by atoms with van der Waals surface area (Å²) >= 11 is 5.93. The predicted molar refractivity (Wildman–Crippen MR) is 170 cm³/mol. The van der Waals surface area contributed by atoms with Crippen LogP contribution in [0.5, 0.6) is 5.75 Å². The van der Waals surface area contributed by atoms with Crippen molar-refractivity contribution in [3.05, 3.63) is 76.4 Å². The Hall–Kier alpha value is -4.45. The number of likely N-dealkylation sites (tertiary alicyclic amines) is 1. The first-order valence-electron chi connectivity index (χ1n) is 15.3. The monoisotopic (exact) mass is 655 g/mol. The molecule has 13 heteroatoms. The smallest absolute Gasteiger partial charge is 0.407 e. The third-order valence-electron chi connectivity index (χ3n) is 8.38. The molecule has 2 saturated heterocycles. The number of hydrogen-bond donors (Lipinski definition) is 2. The van der Waals surface area contributed by atoms with Gasteiger partial charge >= 0.3 is 6.09 Å². The van der Waals surface area contributed by atoms with Crippen molar-refractivity contribution in [3.63, 3.8) is 0 Å². The molecule has 0 spiro atoms. The summed E-state index contributed by atoms with van der Waals surface area (Å²) < 4.78 is 33.4. The Kier molecular flexibility index (Phi) is 10.3. The summed E-state index contributed by atoms with van der Waals surface area (Å²) in [6, 6.07) is 14.3. The van der Waals surface area contributed by atoms with Crippen molar-refractivity contribution in [3.8, 4) is 17.0 Å². The van der Waals surface area contributed by atoms with Gasteiger partial charge in [-0.25, -0.2) is 18.6 Å². The Labute approximate surface area is 270 Å². The molecule has 3 heterocycles. The van der Waals surface area contributed by atoms with Gasteiger partial charge in [0.15, 0.2) is 5.69 Å². The summed E-state index contributed by atoms with van der Waals surface area (Å²) in [5, 5.41) is 12.5. The molecule has 0 unspecified atom stereocenters. The lowest BCUT2D eigenvalue weighted by molar-refractivity contribution is 0.0708. The van der Waals surface area contributed by atoms with Crippen LogP contribution in [0, 0.1) is 0 Å². The van der Waals surface area contributed by atoms with Crippen LogP contribution >= 0.6 is 11.6 Å². The minimum Gasteiger partial charge on any atom is -0.493 e. The Balaban J connectivity index is 1.46. The first kappa shape index (κ1) is 32.9. The Morgan fingerprint density at radius 3 is 2.52 bits per heavy atom. The second kappa shape index (κ2) is 14.3. The fourth-order valence-corrected chi connectivity index (χ4v) is 6.23. The Bertz CT molecular complexity index is 1610. The highest BCUT2D eigenvalue weighted by Gasteiger charge is 2.34. The molecule has 0 saturated carbocycles. The molecule has 2 aromatic carbocycles. The molecule has 1 aromatic heterocycles. The number of hydrogen-bond acceptors (Lipinski definition) is 6. The highest BCUT2D eigenvalue weighted by atomic mass is 35.5. The lowest BCUT2D eigenvalue weighted by Gasteiger charge is -2.43. The molecular formula is C33H36ClF2N5O5. The molecule has 2 atom stereocenters. The summed E-state index contributed by atoms with van der Waals surface area (Å²) in [6.45, 7) is 5.57. The second-order valence-corrected chi connectivity index (χ2v) is 11.7. The number of anilines is 1. The number of alkyl halides is 2. The number of carbonyl (C=O) groups excluding carboxylic acids is 2. The Morgan fingerprint density at radius 1 is 1.04 bits per heavy atom. The average molecular weight is 656 g/mol. The fraction of sp³-hybridized carbons (Fsp3) is 0.394. The number of rotatable bonds is 9. The van der Waals surface area contributed by atoms with E-state index in [2.05, 4.69) is 5.32 Å². The molecule has 3 amide bonds. The van der Waals surface area contributed by atoms with E-state index in [1.54, 1.807) is 4.90 Å². The standard InChI is InChI=1S/C33H36ClF2N5O5/c1-3-22-19-39(32(43)23-10-9-20(34)17-25(23)30(35)36)15-16-41(22)27-12-11-26(24-7-5-6-8-28(24)46-4-2)38-29(27)31(42)37-21-13-14-40(18-21)33(44)45/h5-12,17,21-22,30H,3-4,13-16,18-19H2,1-2H3,(H,37,42)(H,44,45)/t21-,22-/m1/s1. The molecule has 2 fully saturated rings. The predicted octanol–water partition coefficient (Wildman–Crippen LogP) is 5.96. The van der Waals surface area contributed by atoms with E-state index in [-0.39, 0.29) is 48.0 Å². The number of ether oxygens (including phenoxy) is 1. The second-order valence-electron chi connectivity index (χ2n) is 11.2. The number of benzene rings is 2. The van der Waals surface area contributed by atoms with Gasteiger partial charge in [-0.05, 0) is 62.2 Å². The first-order chi connectivity index (χ1) is 22.1. The Morgan fingerprint density at radius 2 is 1.83 bits per heavy atom. The van der Waals surface area contributed by atoms with Crippen LogP contribution in [-0.2, 0) is 0 Å². The van der Waals surface area contributed by atoms with Crippen molar-refractivity contribution in [2.45, 2.75) is 45.2 Å². The van der Waals surface area contributed by atoms with E-state index in [0.717, 1.165) is 6.07 Å². The highest BCUT2D eigenvalue weighted by Crippen LogP contribution is 2.34. The van der Waals surface area contributed by atoms with Crippen LogP contribution in [0.25, 0.3) is 11.3 Å². The molecule has 5 rings (SSSR count). The van der Waals surface area contributed by atoms with Gasteiger partial charge in [-0.2, -0.15) is 0 Å². The molecule has 0 radical (unpaired) electrons. The molecule has 244 valence electrons. The van der Waals surface area contributed by atoms with Crippen LogP contribution in [0.2, 0.25) is 5.02 Å². The van der Waals surface area contributed by atoms with Gasteiger partial charge in [-0.15, -0.1) is 0 Å². The number of carbonyl (C=O) groups is 3. The number of para-hydroxylation sites is 1. The number of nitrogens with one attached hydrogen (secondary N) is 1. The summed E-state index contributed by atoms with van der Waals surface area (Å²) in [5.41, 5.74) is 1.46. The third-order valence-corrected chi connectivity index (χ3v) is 8.61. The summed E-state index contributed by atoms with van der Waals surface area (Å²) in [7, 11) is 0. The van der Waals surface area contributed by atoms with Crippen LogP contribution < -0.4 is 15.0 Å². The SMILES string of the molecule is CCOc1ccccc1-c1ccc(N2CCN(C(=O)c3ccc(Cl)cc3C(F)F)C[C@H]2CC)c(C(=O)N[C@@H]2CCN(C(=O)O)C2)n1. The maximum Gasteiger partial charge on any atom is 0.407 e. The van der Waals surface area contributed by atoms with E-state index < -0.39 is 29.9 Å². The van der Waals surface area contributed by atoms with Crippen LogP contribution in [-0.4, -0.2) is 89.2 Å². The zero-order valence-electron chi connectivity index (χ0n) is 25.6. The van der Waals surface area contributed by atoms with Gasteiger partial charge < -0.3 is 29.9 Å². The lowest BCUT2D eigenvalue weighted by Crippen LogP contribution is -2.55. The van der Waals surface area contributed by atoms with Crippen molar-refractivity contribution in [2.75, 3.05) is 44.2 Å². The van der Waals surface area contributed by atoms with Crippen LogP contribution in [0.15, 0.2) is 54.6 Å². The summed E-state index contributed by atoms with van der Waals surface area (Å²) in [6.07, 6.45) is -2.83. The lowest BCUT2D eigenvalue weighted by atomic mass is 10.0. The molecule has 0 bridgehead atoms. The number of aromatic nitrogens is 1. The molecule has 2 aliphatic heterocycles. The van der Waals surface area contributed by atoms with Crippen molar-refractivity contribution in [1.29, 1.82) is 0 Å². The number of pyridine rings is 1. The van der Waals surface area contributed by atoms with E-state index in [4.69, 9.17) is 21.3 Å². The van der Waals surface area contributed by atoms with Gasteiger partial charge in [0.05, 0.1) is 18.0 Å². The van der Waals surface area contributed by atoms with E-state index in [9.17, 15) is 28.3 Å². The van der Waals surface area contributed by atoms with Gasteiger partial charge in [0.1, 0.15) is 5.75 Å². The molecular weight excluding hydrogens is 620 g/mol. The highest BCUT2D eigenvalue weighted by molar-refractivity contribution is 6.30. The first-order valence-corrected chi connectivity index (χ1v) is 15.6. The largest absolute Gasteiger partial charge is 0.493 e. The summed E-state index contributed by atoms with van der Waals surface area (Å²) in [4.78, 5) is 48.5. The van der Waals surface area contributed by atoms with E-state index >= 15 is 0 Å². The maximum atomic E-state index is 13.9. The number of halogens is 3. The van der Waals surface area contributed by atoms with Crippen molar-refractivity contribution >= 4 is 35.2 Å². The maximum absolute atomic E-state index is 13.9. The van der Waals surface area contributed by atoms with Gasteiger partial charge in [-0.1, -0.05) is 30.7 Å². The van der Waals surface area contributed by atoms with Crippen molar-refractivity contribution in [1.82, 2.24) is 20.1 Å². The number of piperazine rings is 1. The molecule has 3 aromatic rings. The molecule has 2 N–H and O–H groups in total. The number of nitrogens with zero attached hydrogens (tertiary/aromatic N) is 4. The fourth-order valence-electron chi connectivity index (χ4n) is 6.05. The van der Waals surface area contributed by atoms with Gasteiger partial charge in [-0.3, -0.25) is 9.59 Å². The minimum absolute atomic E-state index is 0.0891. The van der Waals surface area contributed by atoms with E-state index in [1.165, 1.54) is 17.0 Å². The zero-order chi connectivity index (χ0) is 33.0. The van der Waals surface area contributed by atoms with Gasteiger partial charge in [0, 0.05) is 66.5 Å². The molecule has 10 nitrogen and oxygen atoms in total. The third kappa shape index (κ3) is 7.01. The van der Waals surface area contributed by atoms with Crippen molar-refractivity contribution < 1.29 is 33.0 Å². The molecule has 46 heavy (non-hydrogen) atoms. The zero-order valence-corrected chi connectivity index (χ0v) is 26.3. The minimum atomic E-state index is -2.86. The topological polar surface area (TPSA) is 115 Å². The van der Waals surface area contributed by atoms with Crippen molar-refractivity contribution in [2.24, 2.45) is 0 Å². The van der Waals surface area contributed by atoms with E-state index in [1.807, 2.05) is 55.1 Å². The summed E-state index contributed by atoms with van der Waals surface area (Å²) in [5.74, 6) is -0.333. The average Bonchev–Trinajstić information content (AvgIpc) is 3.53. The van der Waals surface area contributed by atoms with Crippen LogP contribution in [0.3, 0.4) is 0 Å². The molecule has 2 aliphatic rings. The molecule has 0 aliphatic carbocycles. The number of amides is 3. The van der Waals surface area contributed by atoms with Crippen LogP contribution in [0.1, 0.15) is 59.5 Å². The van der Waals surface area contributed by atoms with Crippen LogP contribution in [0.4, 0.5) is 19.3 Å². The van der Waals surface area contributed by atoms with Gasteiger partial charge in [0.2, 0.25) is 0 Å².